The molecule has 35 heavy (non-hydrogen) atoms. The third-order valence-corrected chi connectivity index (χ3v) is 4.69. The summed E-state index contributed by atoms with van der Waals surface area (Å²) >= 11 is 0. The van der Waals surface area contributed by atoms with Crippen LogP contribution in [0.25, 0.3) is 0 Å². The van der Waals surface area contributed by atoms with Crippen molar-refractivity contribution >= 4 is 35.6 Å². The first kappa shape index (κ1) is 31.7. The summed E-state index contributed by atoms with van der Waals surface area (Å²) in [5.41, 5.74) is 5.45. The van der Waals surface area contributed by atoms with E-state index in [0.29, 0.717) is 0 Å². The topological polar surface area (TPSA) is 278 Å². The number of rotatable bonds is 15. The first-order valence-electron chi connectivity index (χ1n) is 10.5. The number of nitrogens with two attached hydrogens (primary N) is 1. The standard InChI is InChI=1S/C19H33N5O11/c1-7(2)14(18(33)23-11(6-26)19(34)35)24-15(30)9(4-12(28)29)21-16(31)10(5-25)22-17(32)13(20)8(3)27/h7-11,13-14,25-27H,4-6,20H2,1-3H3,(H,21,31)(H,22,32)(H,23,33)(H,24,30)(H,28,29)(H,34,35)/t8-,9+,10+,11+,13+,14+/m1/s1. The van der Waals surface area contributed by atoms with Gasteiger partial charge >= 0.3 is 11.9 Å². The van der Waals surface area contributed by atoms with E-state index in [1.54, 1.807) is 0 Å². The van der Waals surface area contributed by atoms with Gasteiger partial charge in [-0.2, -0.15) is 0 Å². The van der Waals surface area contributed by atoms with E-state index in [0.717, 1.165) is 0 Å². The Morgan fingerprint density at radius 3 is 1.57 bits per heavy atom. The lowest BCUT2D eigenvalue weighted by atomic mass is 10.0. The van der Waals surface area contributed by atoms with Crippen LogP contribution in [0.2, 0.25) is 0 Å². The largest absolute Gasteiger partial charge is 0.481 e. The molecule has 0 bridgehead atoms. The van der Waals surface area contributed by atoms with E-state index >= 15 is 0 Å². The molecule has 200 valence electrons. The fraction of sp³-hybridized carbons (Fsp3) is 0.684. The molecule has 0 rings (SSSR count). The zero-order valence-corrected chi connectivity index (χ0v) is 19.4. The number of aliphatic carboxylic acids is 2. The minimum atomic E-state index is -1.77. The van der Waals surface area contributed by atoms with Crippen molar-refractivity contribution in [3.8, 4) is 0 Å². The van der Waals surface area contributed by atoms with Gasteiger partial charge in [0.05, 0.1) is 25.7 Å². The van der Waals surface area contributed by atoms with Crippen LogP contribution in [0.4, 0.5) is 0 Å². The molecule has 0 aliphatic heterocycles. The van der Waals surface area contributed by atoms with Crippen LogP contribution in [0.5, 0.6) is 0 Å². The summed E-state index contributed by atoms with van der Waals surface area (Å²) < 4.78 is 0. The van der Waals surface area contributed by atoms with Crippen molar-refractivity contribution in [2.24, 2.45) is 11.7 Å². The van der Waals surface area contributed by atoms with Gasteiger partial charge in [-0.05, 0) is 12.8 Å². The van der Waals surface area contributed by atoms with E-state index in [4.69, 9.17) is 21.1 Å². The van der Waals surface area contributed by atoms with Gasteiger partial charge in [0.2, 0.25) is 23.6 Å². The second-order valence-corrected chi connectivity index (χ2v) is 7.98. The molecular formula is C19H33N5O11. The van der Waals surface area contributed by atoms with E-state index < -0.39 is 97.4 Å². The fourth-order valence-electron chi connectivity index (χ4n) is 2.57. The minimum Gasteiger partial charge on any atom is -0.481 e. The molecule has 16 nitrogen and oxygen atoms in total. The van der Waals surface area contributed by atoms with Crippen LogP contribution in [0.1, 0.15) is 27.2 Å². The molecule has 4 amide bonds. The number of hydrogen-bond acceptors (Lipinski definition) is 10. The lowest BCUT2D eigenvalue weighted by molar-refractivity contribution is -0.144. The average Bonchev–Trinajstić information content (AvgIpc) is 2.76. The molecule has 0 unspecified atom stereocenters. The molecule has 0 heterocycles. The fourth-order valence-corrected chi connectivity index (χ4v) is 2.57. The van der Waals surface area contributed by atoms with Gasteiger partial charge < -0.3 is 52.5 Å². The number of aliphatic hydroxyl groups excluding tert-OH is 3. The van der Waals surface area contributed by atoms with Crippen LogP contribution < -0.4 is 27.0 Å². The summed E-state index contributed by atoms with van der Waals surface area (Å²) in [6, 6.07) is -7.88. The van der Waals surface area contributed by atoms with Gasteiger partial charge in [0.25, 0.3) is 0 Å². The number of aliphatic hydroxyl groups is 3. The summed E-state index contributed by atoms with van der Waals surface area (Å²) in [5.74, 6) is -7.93. The first-order valence-corrected chi connectivity index (χ1v) is 10.5. The lowest BCUT2D eigenvalue weighted by Gasteiger charge is -2.27. The molecule has 0 aromatic heterocycles. The van der Waals surface area contributed by atoms with Crippen LogP contribution in [0, 0.1) is 5.92 Å². The Hall–Kier alpha value is -3.34. The zero-order valence-electron chi connectivity index (χ0n) is 19.4. The van der Waals surface area contributed by atoms with E-state index in [1.807, 2.05) is 5.32 Å². The second-order valence-electron chi connectivity index (χ2n) is 7.98. The quantitative estimate of drug-likeness (QED) is 0.0996. The summed E-state index contributed by atoms with van der Waals surface area (Å²) in [6.45, 7) is 2.32. The van der Waals surface area contributed by atoms with E-state index in [1.165, 1.54) is 20.8 Å². The number of carbonyl (C=O) groups is 6. The van der Waals surface area contributed by atoms with Gasteiger partial charge in [-0.1, -0.05) is 13.8 Å². The van der Waals surface area contributed by atoms with Gasteiger partial charge in [0, 0.05) is 0 Å². The lowest BCUT2D eigenvalue weighted by Crippen LogP contribution is -2.60. The molecule has 0 saturated carbocycles. The highest BCUT2D eigenvalue weighted by Crippen LogP contribution is 2.05. The molecule has 0 aliphatic carbocycles. The van der Waals surface area contributed by atoms with Crippen LogP contribution in [-0.2, 0) is 28.8 Å². The van der Waals surface area contributed by atoms with Crippen molar-refractivity contribution in [3.63, 3.8) is 0 Å². The van der Waals surface area contributed by atoms with Crippen molar-refractivity contribution in [1.82, 2.24) is 21.3 Å². The first-order chi connectivity index (χ1) is 16.2. The van der Waals surface area contributed by atoms with E-state index in [2.05, 4.69) is 16.0 Å². The number of amides is 4. The van der Waals surface area contributed by atoms with Gasteiger partial charge in [-0.25, -0.2) is 4.79 Å². The minimum absolute atomic E-state index is 0.625. The smallest absolute Gasteiger partial charge is 0.328 e. The molecule has 0 spiro atoms. The highest BCUT2D eigenvalue weighted by molar-refractivity contribution is 5.96. The van der Waals surface area contributed by atoms with Crippen LogP contribution in [-0.4, -0.2) is 111 Å². The van der Waals surface area contributed by atoms with Crippen LogP contribution in [0.15, 0.2) is 0 Å². The van der Waals surface area contributed by atoms with Gasteiger partial charge in [0.1, 0.15) is 30.2 Å². The molecule has 0 aromatic rings. The second kappa shape index (κ2) is 14.8. The highest BCUT2D eigenvalue weighted by Gasteiger charge is 2.33. The van der Waals surface area contributed by atoms with E-state index in [-0.39, 0.29) is 0 Å². The predicted octanol–water partition coefficient (Wildman–Crippen LogP) is -5.17. The van der Waals surface area contributed by atoms with Crippen molar-refractivity contribution in [2.75, 3.05) is 13.2 Å². The monoisotopic (exact) mass is 507 g/mol. The molecule has 11 N–H and O–H groups in total. The maximum absolute atomic E-state index is 12.7. The molecule has 0 aromatic carbocycles. The normalized spacial score (nSPS) is 16.1. The van der Waals surface area contributed by atoms with E-state index in [9.17, 15) is 39.0 Å². The third-order valence-electron chi connectivity index (χ3n) is 4.69. The molecule has 16 heteroatoms. The Kier molecular flexibility index (Phi) is 13.4. The van der Waals surface area contributed by atoms with Crippen LogP contribution in [0.3, 0.4) is 0 Å². The Morgan fingerprint density at radius 1 is 0.714 bits per heavy atom. The zero-order chi connectivity index (χ0) is 27.5. The molecule has 0 fully saturated rings. The molecule has 0 radical (unpaired) electrons. The van der Waals surface area contributed by atoms with Gasteiger partial charge in [-0.15, -0.1) is 0 Å². The Labute approximate surface area is 200 Å². The summed E-state index contributed by atoms with van der Waals surface area (Å²) in [5, 5.41) is 54.3. The van der Waals surface area contributed by atoms with Crippen LogP contribution >= 0.6 is 0 Å². The maximum Gasteiger partial charge on any atom is 0.328 e. The molecule has 0 saturated heterocycles. The number of carboxylic acids is 2. The summed E-state index contributed by atoms with van der Waals surface area (Å²) in [4.78, 5) is 71.8. The highest BCUT2D eigenvalue weighted by atomic mass is 16.4. The Bertz CT molecular complexity index is 789. The summed E-state index contributed by atoms with van der Waals surface area (Å²) in [7, 11) is 0. The van der Waals surface area contributed by atoms with Crippen molar-refractivity contribution in [3.05, 3.63) is 0 Å². The molecule has 6 atom stereocenters. The SMILES string of the molecule is CC(C)[C@H](NC(=O)[C@H](CC(=O)O)NC(=O)[C@H](CO)NC(=O)[C@@H](N)[C@@H](C)O)C(=O)N[C@@H](CO)C(=O)O. The number of carbonyl (C=O) groups excluding carboxylic acids is 4. The average molecular weight is 507 g/mol. The Balaban J connectivity index is 5.56. The number of carboxylic acid groups (broad SMARTS) is 2. The van der Waals surface area contributed by atoms with Crippen molar-refractivity contribution in [1.29, 1.82) is 0 Å². The number of hydrogen-bond donors (Lipinski definition) is 10. The molecular weight excluding hydrogens is 474 g/mol. The van der Waals surface area contributed by atoms with Crippen molar-refractivity contribution in [2.45, 2.75) is 63.5 Å². The van der Waals surface area contributed by atoms with Gasteiger partial charge in [0.15, 0.2) is 0 Å². The molecule has 0 aliphatic rings. The summed E-state index contributed by atoms with van der Waals surface area (Å²) in [6.07, 6.45) is -2.23. The predicted molar refractivity (Wildman–Crippen MR) is 116 cm³/mol. The van der Waals surface area contributed by atoms with Gasteiger partial charge in [-0.3, -0.25) is 24.0 Å². The van der Waals surface area contributed by atoms with Crippen molar-refractivity contribution < 1.29 is 54.3 Å². The maximum atomic E-state index is 12.7. The Morgan fingerprint density at radius 2 is 1.17 bits per heavy atom. The number of nitrogens with one attached hydrogen (secondary N) is 4. The third kappa shape index (κ3) is 10.6.